The molecule has 3 heteroatoms. The van der Waals surface area contributed by atoms with Gasteiger partial charge in [0.2, 0.25) is 0 Å². The molecule has 2 heterocycles. The highest BCUT2D eigenvalue weighted by Crippen LogP contribution is 2.42. The second kappa shape index (κ2) is 4.49. The summed E-state index contributed by atoms with van der Waals surface area (Å²) < 4.78 is 2.41. The smallest absolute Gasteiger partial charge is 0.0950 e. The molecule has 98 valence electrons. The third-order valence-electron chi connectivity index (χ3n) is 4.40. The van der Waals surface area contributed by atoms with Crippen LogP contribution in [0.25, 0.3) is 0 Å². The molecule has 2 atom stereocenters. The molecule has 2 fully saturated rings. The SMILES string of the molecule is c1ccc(C2NCCC2c2cncn2C2CC2)cc1. The Bertz CT molecular complexity index is 556. The Morgan fingerprint density at radius 1 is 1.11 bits per heavy atom. The highest BCUT2D eigenvalue weighted by Gasteiger charge is 2.34. The van der Waals surface area contributed by atoms with Crippen LogP contribution >= 0.6 is 0 Å². The molecule has 0 amide bonds. The lowest BCUT2D eigenvalue weighted by molar-refractivity contribution is 0.535. The van der Waals surface area contributed by atoms with Crippen molar-refractivity contribution in [3.63, 3.8) is 0 Å². The van der Waals surface area contributed by atoms with E-state index in [0.29, 0.717) is 12.0 Å². The Morgan fingerprint density at radius 2 is 1.95 bits per heavy atom. The number of rotatable bonds is 3. The molecule has 1 saturated heterocycles. The third-order valence-corrected chi connectivity index (χ3v) is 4.40. The summed E-state index contributed by atoms with van der Waals surface area (Å²) in [5.41, 5.74) is 2.81. The van der Waals surface area contributed by atoms with Crippen molar-refractivity contribution in [3.8, 4) is 0 Å². The summed E-state index contributed by atoms with van der Waals surface area (Å²) in [5.74, 6) is 0.561. The van der Waals surface area contributed by atoms with E-state index < -0.39 is 0 Å². The van der Waals surface area contributed by atoms with Crippen molar-refractivity contribution in [1.82, 2.24) is 14.9 Å². The maximum atomic E-state index is 4.39. The molecule has 1 aromatic heterocycles. The molecule has 2 aliphatic rings. The average Bonchev–Trinajstić information content (AvgIpc) is 3.01. The van der Waals surface area contributed by atoms with Crippen LogP contribution in [0.1, 0.15) is 48.5 Å². The van der Waals surface area contributed by atoms with Crippen LogP contribution in [0.4, 0.5) is 0 Å². The van der Waals surface area contributed by atoms with Crippen molar-refractivity contribution in [2.24, 2.45) is 0 Å². The number of hydrogen-bond acceptors (Lipinski definition) is 2. The fraction of sp³-hybridized carbons (Fsp3) is 0.438. The minimum Gasteiger partial charge on any atom is -0.331 e. The van der Waals surface area contributed by atoms with E-state index in [9.17, 15) is 0 Å². The number of aromatic nitrogens is 2. The molecular weight excluding hydrogens is 234 g/mol. The maximum absolute atomic E-state index is 4.39. The first-order valence-corrected chi connectivity index (χ1v) is 7.23. The summed E-state index contributed by atoms with van der Waals surface area (Å²) >= 11 is 0. The Morgan fingerprint density at radius 3 is 2.74 bits per heavy atom. The monoisotopic (exact) mass is 253 g/mol. The number of hydrogen-bond donors (Lipinski definition) is 1. The quantitative estimate of drug-likeness (QED) is 0.911. The summed E-state index contributed by atoms with van der Waals surface area (Å²) in [6.45, 7) is 1.10. The van der Waals surface area contributed by atoms with Crippen LogP contribution in [0.15, 0.2) is 42.9 Å². The number of nitrogens with one attached hydrogen (secondary N) is 1. The second-order valence-electron chi connectivity index (χ2n) is 5.69. The molecule has 1 N–H and O–H groups in total. The number of benzene rings is 1. The van der Waals surface area contributed by atoms with Gasteiger partial charge >= 0.3 is 0 Å². The van der Waals surface area contributed by atoms with Gasteiger partial charge in [-0.3, -0.25) is 0 Å². The lowest BCUT2D eigenvalue weighted by atomic mass is 9.91. The van der Waals surface area contributed by atoms with Gasteiger partial charge < -0.3 is 9.88 Å². The topological polar surface area (TPSA) is 29.9 Å². The first-order chi connectivity index (χ1) is 9.43. The van der Waals surface area contributed by atoms with Crippen LogP contribution in [-0.2, 0) is 0 Å². The van der Waals surface area contributed by atoms with Crippen molar-refractivity contribution in [2.75, 3.05) is 6.54 Å². The minimum atomic E-state index is 0.440. The van der Waals surface area contributed by atoms with Crippen LogP contribution in [0.5, 0.6) is 0 Å². The molecule has 0 bridgehead atoms. The van der Waals surface area contributed by atoms with E-state index in [1.807, 2.05) is 6.33 Å². The third kappa shape index (κ3) is 1.98. The molecule has 4 rings (SSSR count). The predicted octanol–water partition coefficient (Wildman–Crippen LogP) is 3.04. The molecule has 1 aliphatic heterocycles. The highest BCUT2D eigenvalue weighted by atomic mass is 15.1. The Balaban J connectivity index is 1.68. The van der Waals surface area contributed by atoms with Gasteiger partial charge in [0.1, 0.15) is 0 Å². The average molecular weight is 253 g/mol. The standard InChI is InChI=1S/C16H19N3/c1-2-4-12(5-3-1)16-14(8-9-18-16)15-10-17-11-19(15)13-6-7-13/h1-5,10-11,13-14,16,18H,6-9H2. The Labute approximate surface area is 113 Å². The molecule has 1 aromatic carbocycles. The molecule has 2 unspecified atom stereocenters. The molecule has 0 spiro atoms. The molecule has 2 aromatic rings. The molecule has 19 heavy (non-hydrogen) atoms. The fourth-order valence-corrected chi connectivity index (χ4v) is 3.29. The van der Waals surface area contributed by atoms with Gasteiger partial charge in [-0.2, -0.15) is 0 Å². The largest absolute Gasteiger partial charge is 0.331 e. The lowest BCUT2D eigenvalue weighted by Crippen LogP contribution is -2.18. The summed E-state index contributed by atoms with van der Waals surface area (Å²) in [5, 5.41) is 3.66. The number of imidazole rings is 1. The second-order valence-corrected chi connectivity index (χ2v) is 5.69. The van der Waals surface area contributed by atoms with Gasteiger partial charge in [0, 0.05) is 29.9 Å². The van der Waals surface area contributed by atoms with E-state index in [2.05, 4.69) is 51.4 Å². The summed E-state index contributed by atoms with van der Waals surface area (Å²) in [7, 11) is 0. The summed E-state index contributed by atoms with van der Waals surface area (Å²) in [6, 6.07) is 12.0. The van der Waals surface area contributed by atoms with Gasteiger partial charge in [-0.1, -0.05) is 30.3 Å². The van der Waals surface area contributed by atoms with E-state index in [1.165, 1.54) is 30.5 Å². The van der Waals surface area contributed by atoms with Crippen molar-refractivity contribution in [2.45, 2.75) is 37.3 Å². The molecule has 0 radical (unpaired) electrons. The van der Waals surface area contributed by atoms with Gasteiger partial charge in [-0.05, 0) is 31.4 Å². The Kier molecular flexibility index (Phi) is 2.66. The van der Waals surface area contributed by atoms with Crippen molar-refractivity contribution in [1.29, 1.82) is 0 Å². The van der Waals surface area contributed by atoms with Gasteiger partial charge in [0.15, 0.2) is 0 Å². The summed E-state index contributed by atoms with van der Waals surface area (Å²) in [4.78, 5) is 4.39. The first-order valence-electron chi connectivity index (χ1n) is 7.23. The summed E-state index contributed by atoms with van der Waals surface area (Å²) in [6.07, 6.45) is 7.94. The van der Waals surface area contributed by atoms with Crippen molar-refractivity contribution in [3.05, 3.63) is 54.1 Å². The van der Waals surface area contributed by atoms with Gasteiger partial charge in [0.05, 0.1) is 6.33 Å². The zero-order valence-electron chi connectivity index (χ0n) is 11.0. The van der Waals surface area contributed by atoms with Gasteiger partial charge in [-0.25, -0.2) is 4.98 Å². The molecule has 3 nitrogen and oxygen atoms in total. The lowest BCUT2D eigenvalue weighted by Gasteiger charge is -2.21. The van der Waals surface area contributed by atoms with Crippen LogP contribution in [0.2, 0.25) is 0 Å². The first kappa shape index (κ1) is 11.2. The van der Waals surface area contributed by atoms with Crippen molar-refractivity contribution >= 4 is 0 Å². The van der Waals surface area contributed by atoms with E-state index in [0.717, 1.165) is 12.6 Å². The molecule has 1 saturated carbocycles. The van der Waals surface area contributed by atoms with Crippen molar-refractivity contribution < 1.29 is 0 Å². The Hall–Kier alpha value is -1.61. The fourth-order valence-electron chi connectivity index (χ4n) is 3.29. The van der Waals surface area contributed by atoms with Crippen LogP contribution in [0.3, 0.4) is 0 Å². The van der Waals surface area contributed by atoms with Crippen LogP contribution in [-0.4, -0.2) is 16.1 Å². The van der Waals surface area contributed by atoms with Crippen LogP contribution < -0.4 is 5.32 Å². The van der Waals surface area contributed by atoms with E-state index >= 15 is 0 Å². The normalized spacial score (nSPS) is 26.7. The zero-order chi connectivity index (χ0) is 12.7. The van der Waals surface area contributed by atoms with Gasteiger partial charge in [-0.15, -0.1) is 0 Å². The zero-order valence-corrected chi connectivity index (χ0v) is 11.0. The maximum Gasteiger partial charge on any atom is 0.0950 e. The van der Waals surface area contributed by atoms with Crippen LogP contribution in [0, 0.1) is 0 Å². The minimum absolute atomic E-state index is 0.440. The predicted molar refractivity (Wildman–Crippen MR) is 75.0 cm³/mol. The van der Waals surface area contributed by atoms with E-state index in [4.69, 9.17) is 0 Å². The molecular formula is C16H19N3. The van der Waals surface area contributed by atoms with Gasteiger partial charge in [0.25, 0.3) is 0 Å². The van der Waals surface area contributed by atoms with E-state index in [-0.39, 0.29) is 0 Å². The highest BCUT2D eigenvalue weighted by molar-refractivity contribution is 5.26. The molecule has 1 aliphatic carbocycles. The van der Waals surface area contributed by atoms with E-state index in [1.54, 1.807) is 0 Å². The number of nitrogens with zero attached hydrogens (tertiary/aromatic N) is 2.